The van der Waals surface area contributed by atoms with Crippen LogP contribution in [-0.4, -0.2) is 36.5 Å². The van der Waals surface area contributed by atoms with Gasteiger partial charge in [-0.05, 0) is 49.4 Å². The number of nitrogens with zero attached hydrogens (tertiary/aromatic N) is 1. The molecule has 1 aromatic heterocycles. The van der Waals surface area contributed by atoms with Crippen molar-refractivity contribution in [3.63, 3.8) is 0 Å². The minimum Gasteiger partial charge on any atom is -0.497 e. The maximum Gasteiger partial charge on any atom is 0.338 e. The van der Waals surface area contributed by atoms with Gasteiger partial charge in [0.2, 0.25) is 0 Å². The molecule has 0 aliphatic rings. The van der Waals surface area contributed by atoms with Crippen molar-refractivity contribution < 1.29 is 28.6 Å². The number of carbonyl (C=O) groups excluding carboxylic acids is 3. The smallest absolute Gasteiger partial charge is 0.338 e. The molecule has 1 heterocycles. The Morgan fingerprint density at radius 3 is 2.48 bits per heavy atom. The Morgan fingerprint density at radius 1 is 1.03 bits per heavy atom. The lowest BCUT2D eigenvalue weighted by Crippen LogP contribution is -2.34. The van der Waals surface area contributed by atoms with E-state index in [-0.39, 0.29) is 17.7 Å². The Morgan fingerprint density at radius 2 is 1.81 bits per heavy atom. The normalized spacial score (nSPS) is 10.3. The summed E-state index contributed by atoms with van der Waals surface area (Å²) in [6, 6.07) is 12.7. The van der Waals surface area contributed by atoms with Crippen LogP contribution in [0.1, 0.15) is 31.4 Å². The zero-order valence-electron chi connectivity index (χ0n) is 16.9. The van der Waals surface area contributed by atoms with Gasteiger partial charge >= 0.3 is 5.97 Å². The van der Waals surface area contributed by atoms with Crippen molar-refractivity contribution in [2.45, 2.75) is 13.5 Å². The van der Waals surface area contributed by atoms with E-state index < -0.39 is 24.4 Å². The van der Waals surface area contributed by atoms with E-state index in [1.165, 1.54) is 36.6 Å². The number of carbonyl (C=O) groups is 3. The van der Waals surface area contributed by atoms with E-state index in [9.17, 15) is 14.4 Å². The van der Waals surface area contributed by atoms with Gasteiger partial charge in [0.1, 0.15) is 18.1 Å². The minimum atomic E-state index is -0.736. The summed E-state index contributed by atoms with van der Waals surface area (Å²) in [6.07, 6.45) is 0. The minimum absolute atomic E-state index is 0.223. The van der Waals surface area contributed by atoms with Gasteiger partial charge in [0.05, 0.1) is 23.4 Å². The molecule has 0 aliphatic carbocycles. The van der Waals surface area contributed by atoms with Gasteiger partial charge in [-0.15, -0.1) is 11.3 Å². The molecule has 9 heteroatoms. The largest absolute Gasteiger partial charge is 0.497 e. The summed E-state index contributed by atoms with van der Waals surface area (Å²) in [5.74, 6) is -0.984. The predicted octanol–water partition coefficient (Wildman–Crippen LogP) is 3.15. The molecular weight excluding hydrogens is 420 g/mol. The summed E-state index contributed by atoms with van der Waals surface area (Å²) in [5.41, 5.74) is 1.30. The first-order valence-corrected chi connectivity index (χ1v) is 10.1. The van der Waals surface area contributed by atoms with Crippen molar-refractivity contribution in [3.8, 4) is 11.5 Å². The third kappa shape index (κ3) is 6.38. The SMILES string of the molecule is COc1ccc(C(=O)NC(=O)COC(=O)c2cccc(OCc3csc(C)n3)c2)cc1. The third-order valence-corrected chi connectivity index (χ3v) is 4.88. The number of aromatic nitrogens is 1. The zero-order chi connectivity index (χ0) is 22.2. The Kier molecular flexibility index (Phi) is 7.34. The van der Waals surface area contributed by atoms with Crippen LogP contribution in [0, 0.1) is 6.92 Å². The van der Waals surface area contributed by atoms with Gasteiger partial charge in [-0.3, -0.25) is 14.9 Å². The van der Waals surface area contributed by atoms with Gasteiger partial charge in [0.25, 0.3) is 11.8 Å². The van der Waals surface area contributed by atoms with Crippen LogP contribution in [0.5, 0.6) is 11.5 Å². The van der Waals surface area contributed by atoms with E-state index in [2.05, 4.69) is 10.3 Å². The van der Waals surface area contributed by atoms with Crippen LogP contribution in [0.4, 0.5) is 0 Å². The van der Waals surface area contributed by atoms with E-state index in [4.69, 9.17) is 14.2 Å². The molecule has 31 heavy (non-hydrogen) atoms. The van der Waals surface area contributed by atoms with Crippen LogP contribution in [0.3, 0.4) is 0 Å². The highest BCUT2D eigenvalue weighted by Gasteiger charge is 2.14. The molecule has 0 bridgehead atoms. The first kappa shape index (κ1) is 22.0. The molecule has 0 radical (unpaired) electrons. The molecule has 3 aromatic rings. The second-order valence-electron chi connectivity index (χ2n) is 6.36. The molecule has 0 unspecified atom stereocenters. The molecule has 0 fully saturated rings. The fourth-order valence-electron chi connectivity index (χ4n) is 2.54. The summed E-state index contributed by atoms with van der Waals surface area (Å²) < 4.78 is 15.7. The monoisotopic (exact) mass is 440 g/mol. The molecule has 3 rings (SSSR count). The number of thiazole rings is 1. The summed E-state index contributed by atoms with van der Waals surface area (Å²) >= 11 is 1.53. The lowest BCUT2D eigenvalue weighted by atomic mass is 10.2. The third-order valence-electron chi connectivity index (χ3n) is 4.06. The van der Waals surface area contributed by atoms with Crippen LogP contribution in [-0.2, 0) is 16.1 Å². The highest BCUT2D eigenvalue weighted by molar-refractivity contribution is 7.09. The molecule has 2 aromatic carbocycles. The van der Waals surface area contributed by atoms with Crippen molar-refractivity contribution in [3.05, 3.63) is 75.7 Å². The maximum atomic E-state index is 12.2. The van der Waals surface area contributed by atoms with E-state index in [0.717, 1.165) is 10.7 Å². The number of aryl methyl sites for hydroxylation is 1. The van der Waals surface area contributed by atoms with Crippen molar-refractivity contribution in [1.82, 2.24) is 10.3 Å². The second-order valence-corrected chi connectivity index (χ2v) is 7.42. The number of hydrogen-bond donors (Lipinski definition) is 1. The van der Waals surface area contributed by atoms with E-state index in [1.54, 1.807) is 30.3 Å². The van der Waals surface area contributed by atoms with Crippen LogP contribution < -0.4 is 14.8 Å². The molecule has 0 saturated carbocycles. The van der Waals surface area contributed by atoms with Gasteiger partial charge in [0, 0.05) is 10.9 Å². The van der Waals surface area contributed by atoms with Gasteiger partial charge in [-0.2, -0.15) is 0 Å². The molecule has 0 spiro atoms. The van der Waals surface area contributed by atoms with Crippen LogP contribution >= 0.6 is 11.3 Å². The number of imide groups is 1. The number of hydrogen-bond acceptors (Lipinski definition) is 8. The Balaban J connectivity index is 1.49. The number of nitrogens with one attached hydrogen (secondary N) is 1. The van der Waals surface area contributed by atoms with Gasteiger partial charge in [0.15, 0.2) is 6.61 Å². The first-order valence-electron chi connectivity index (χ1n) is 9.24. The zero-order valence-corrected chi connectivity index (χ0v) is 17.7. The number of esters is 1. The predicted molar refractivity (Wildman–Crippen MR) is 113 cm³/mol. The standard InChI is InChI=1S/C22H20N2O6S/c1-14-23-17(13-31-14)11-29-19-5-3-4-16(10-19)22(27)30-12-20(25)24-21(26)15-6-8-18(28-2)9-7-15/h3-10,13H,11-12H2,1-2H3,(H,24,25,26). The number of ether oxygens (including phenoxy) is 3. The van der Waals surface area contributed by atoms with Crippen LogP contribution in [0.15, 0.2) is 53.9 Å². The molecule has 1 N–H and O–H groups in total. The van der Waals surface area contributed by atoms with Gasteiger partial charge < -0.3 is 14.2 Å². The summed E-state index contributed by atoms with van der Waals surface area (Å²) in [7, 11) is 1.51. The summed E-state index contributed by atoms with van der Waals surface area (Å²) in [4.78, 5) is 40.6. The summed E-state index contributed by atoms with van der Waals surface area (Å²) in [5, 5.41) is 5.01. The molecule has 0 atom stereocenters. The summed E-state index contributed by atoms with van der Waals surface area (Å²) in [6.45, 7) is 1.59. The van der Waals surface area contributed by atoms with Crippen molar-refractivity contribution >= 4 is 29.1 Å². The Hall–Kier alpha value is -3.72. The van der Waals surface area contributed by atoms with E-state index in [1.807, 2.05) is 12.3 Å². The van der Waals surface area contributed by atoms with E-state index >= 15 is 0 Å². The lowest BCUT2D eigenvalue weighted by molar-refractivity contribution is -0.123. The quantitative estimate of drug-likeness (QED) is 0.537. The highest BCUT2D eigenvalue weighted by atomic mass is 32.1. The van der Waals surface area contributed by atoms with E-state index in [0.29, 0.717) is 11.5 Å². The molecule has 160 valence electrons. The first-order chi connectivity index (χ1) is 14.9. The van der Waals surface area contributed by atoms with Crippen molar-refractivity contribution in [1.29, 1.82) is 0 Å². The Bertz CT molecular complexity index is 1080. The van der Waals surface area contributed by atoms with Gasteiger partial charge in [-0.1, -0.05) is 6.07 Å². The highest BCUT2D eigenvalue weighted by Crippen LogP contribution is 2.17. The van der Waals surface area contributed by atoms with Crippen LogP contribution in [0.25, 0.3) is 0 Å². The number of benzene rings is 2. The van der Waals surface area contributed by atoms with Gasteiger partial charge in [-0.25, -0.2) is 9.78 Å². The molecule has 8 nitrogen and oxygen atoms in total. The number of rotatable bonds is 8. The fraction of sp³-hybridized carbons (Fsp3) is 0.182. The average Bonchev–Trinajstić information content (AvgIpc) is 3.21. The topological polar surface area (TPSA) is 104 Å². The molecule has 0 aliphatic heterocycles. The number of amides is 2. The fourth-order valence-corrected chi connectivity index (χ4v) is 3.13. The molecule has 0 saturated heterocycles. The molecular formula is C22H20N2O6S. The molecule has 2 amide bonds. The second kappa shape index (κ2) is 10.4. The van der Waals surface area contributed by atoms with Crippen molar-refractivity contribution in [2.75, 3.05) is 13.7 Å². The number of methoxy groups -OCH3 is 1. The maximum absolute atomic E-state index is 12.2. The van der Waals surface area contributed by atoms with Crippen LogP contribution in [0.2, 0.25) is 0 Å². The Labute approximate surface area is 182 Å². The van der Waals surface area contributed by atoms with Crippen molar-refractivity contribution in [2.24, 2.45) is 0 Å². The average molecular weight is 440 g/mol. The lowest BCUT2D eigenvalue weighted by Gasteiger charge is -2.08.